The van der Waals surface area contributed by atoms with Crippen molar-refractivity contribution in [3.63, 3.8) is 0 Å². The molecule has 0 radical (unpaired) electrons. The zero-order valence-electron chi connectivity index (χ0n) is 11.9. The topological polar surface area (TPSA) is 58.6 Å². The van der Waals surface area contributed by atoms with E-state index >= 15 is 0 Å². The molecule has 0 aromatic heterocycles. The Kier molecular flexibility index (Phi) is 4.44. The minimum absolute atomic E-state index is 0.0308. The maximum atomic E-state index is 13.2. The minimum atomic E-state index is -3.12. The fraction of sp³-hybridized carbons (Fsp3) is 0.923. The minimum Gasteiger partial charge on any atom is -0.444 e. The van der Waals surface area contributed by atoms with E-state index in [4.69, 9.17) is 4.74 Å². The molecule has 19 heavy (non-hydrogen) atoms. The number of aliphatic hydroxyl groups is 1. The molecular weight excluding hydrogens is 256 g/mol. The van der Waals surface area contributed by atoms with E-state index in [1.165, 1.54) is 0 Å². The van der Waals surface area contributed by atoms with Crippen LogP contribution in [-0.2, 0) is 4.74 Å². The first kappa shape index (κ1) is 16.1. The summed E-state index contributed by atoms with van der Waals surface area (Å²) in [6, 6.07) is -0.225. The number of alkyl carbamates (subject to hydrolysis) is 1. The largest absolute Gasteiger partial charge is 0.444 e. The summed E-state index contributed by atoms with van der Waals surface area (Å²) < 4.78 is 31.6. The maximum absolute atomic E-state index is 13.2. The van der Waals surface area contributed by atoms with E-state index < -0.39 is 23.2 Å². The average molecular weight is 279 g/mol. The zero-order chi connectivity index (χ0) is 14.9. The number of rotatable bonds is 2. The van der Waals surface area contributed by atoms with Crippen LogP contribution in [0.5, 0.6) is 0 Å². The molecule has 2 N–H and O–H groups in total. The molecule has 0 aliphatic heterocycles. The first-order valence-electron chi connectivity index (χ1n) is 6.53. The van der Waals surface area contributed by atoms with Gasteiger partial charge in [-0.15, -0.1) is 0 Å². The Labute approximate surface area is 112 Å². The Bertz CT molecular complexity index is 326. The van der Waals surface area contributed by atoms with E-state index in [0.717, 1.165) is 6.92 Å². The van der Waals surface area contributed by atoms with Crippen molar-refractivity contribution in [2.45, 2.75) is 76.5 Å². The standard InChI is InChI=1S/C13H23F2NO3/c1-11(2,3)19-10(17)16-9-5-7-13(18,8-6-9)12(4,14)15/h9,18H,5-8H2,1-4H3,(H,16,17). The third-order valence-corrected chi connectivity index (χ3v) is 3.35. The van der Waals surface area contributed by atoms with E-state index in [0.29, 0.717) is 12.8 Å². The number of ether oxygens (including phenoxy) is 1. The van der Waals surface area contributed by atoms with E-state index in [1.54, 1.807) is 20.8 Å². The molecule has 0 spiro atoms. The summed E-state index contributed by atoms with van der Waals surface area (Å²) in [4.78, 5) is 11.5. The molecule has 112 valence electrons. The normalized spacial score (nSPS) is 28.9. The Morgan fingerprint density at radius 1 is 1.26 bits per heavy atom. The lowest BCUT2D eigenvalue weighted by Gasteiger charge is -2.39. The van der Waals surface area contributed by atoms with Gasteiger partial charge in [0.15, 0.2) is 0 Å². The van der Waals surface area contributed by atoms with Gasteiger partial charge in [-0.2, -0.15) is 0 Å². The lowest BCUT2D eigenvalue weighted by molar-refractivity contribution is -0.185. The van der Waals surface area contributed by atoms with Gasteiger partial charge in [0.1, 0.15) is 11.2 Å². The summed E-state index contributed by atoms with van der Waals surface area (Å²) in [6.45, 7) is 5.99. The maximum Gasteiger partial charge on any atom is 0.407 e. The highest BCUT2D eigenvalue weighted by Crippen LogP contribution is 2.40. The highest BCUT2D eigenvalue weighted by atomic mass is 19.3. The Balaban J connectivity index is 2.45. The van der Waals surface area contributed by atoms with Gasteiger partial charge in [0.05, 0.1) is 0 Å². The van der Waals surface area contributed by atoms with Crippen molar-refractivity contribution in [2.24, 2.45) is 0 Å². The number of hydrogen-bond acceptors (Lipinski definition) is 3. The predicted molar refractivity (Wildman–Crippen MR) is 67.2 cm³/mol. The number of hydrogen-bond donors (Lipinski definition) is 2. The van der Waals surface area contributed by atoms with E-state index in [2.05, 4.69) is 5.32 Å². The van der Waals surface area contributed by atoms with Crippen LogP contribution in [0.4, 0.5) is 13.6 Å². The van der Waals surface area contributed by atoms with Crippen molar-refractivity contribution in [3.8, 4) is 0 Å². The molecule has 1 saturated carbocycles. The SMILES string of the molecule is CC(C)(C)OC(=O)NC1CCC(O)(C(C)(F)F)CC1. The van der Waals surface area contributed by atoms with Crippen molar-refractivity contribution in [3.05, 3.63) is 0 Å². The van der Waals surface area contributed by atoms with Gasteiger partial charge in [0.25, 0.3) is 5.92 Å². The Morgan fingerprint density at radius 3 is 2.11 bits per heavy atom. The van der Waals surface area contributed by atoms with Gasteiger partial charge in [0, 0.05) is 13.0 Å². The van der Waals surface area contributed by atoms with E-state index in [1.807, 2.05) is 0 Å². The third kappa shape index (κ3) is 4.60. The lowest BCUT2D eigenvalue weighted by Crippen LogP contribution is -2.52. The number of halogens is 2. The third-order valence-electron chi connectivity index (χ3n) is 3.35. The van der Waals surface area contributed by atoms with E-state index in [-0.39, 0.29) is 18.9 Å². The molecule has 0 aromatic rings. The van der Waals surface area contributed by atoms with Gasteiger partial charge in [0.2, 0.25) is 0 Å². The highest BCUT2D eigenvalue weighted by Gasteiger charge is 2.50. The van der Waals surface area contributed by atoms with Crippen LogP contribution in [0.3, 0.4) is 0 Å². The average Bonchev–Trinajstić information content (AvgIpc) is 2.17. The van der Waals surface area contributed by atoms with Crippen molar-refractivity contribution in [2.75, 3.05) is 0 Å². The number of amides is 1. The lowest BCUT2D eigenvalue weighted by atomic mass is 9.78. The molecule has 1 rings (SSSR count). The van der Waals surface area contributed by atoms with Crippen LogP contribution >= 0.6 is 0 Å². The molecule has 0 heterocycles. The van der Waals surface area contributed by atoms with Gasteiger partial charge < -0.3 is 15.2 Å². The summed E-state index contributed by atoms with van der Waals surface area (Å²) >= 11 is 0. The fourth-order valence-electron chi connectivity index (χ4n) is 2.15. The summed E-state index contributed by atoms with van der Waals surface area (Å²) in [7, 11) is 0. The molecule has 4 nitrogen and oxygen atoms in total. The summed E-state index contributed by atoms with van der Waals surface area (Å²) in [6.07, 6.45) is 0.0259. The van der Waals surface area contributed by atoms with Crippen molar-refractivity contribution >= 4 is 6.09 Å². The van der Waals surface area contributed by atoms with Crippen LogP contribution in [0.2, 0.25) is 0 Å². The molecule has 0 bridgehead atoms. The number of carbonyl (C=O) groups excluding carboxylic acids is 1. The van der Waals surface area contributed by atoms with E-state index in [9.17, 15) is 18.7 Å². The molecule has 0 aromatic carbocycles. The summed E-state index contributed by atoms with van der Waals surface area (Å²) in [5.41, 5.74) is -2.55. The fourth-order valence-corrected chi connectivity index (χ4v) is 2.15. The quantitative estimate of drug-likeness (QED) is 0.817. The van der Waals surface area contributed by atoms with Gasteiger partial charge >= 0.3 is 6.09 Å². The van der Waals surface area contributed by atoms with Crippen LogP contribution in [0.25, 0.3) is 0 Å². The predicted octanol–water partition coefficient (Wildman–Crippen LogP) is 2.84. The Morgan fingerprint density at radius 2 is 1.74 bits per heavy atom. The zero-order valence-corrected chi connectivity index (χ0v) is 11.9. The van der Waals surface area contributed by atoms with Gasteiger partial charge in [-0.1, -0.05) is 0 Å². The molecule has 0 saturated heterocycles. The number of carbonyl (C=O) groups is 1. The summed E-state index contributed by atoms with van der Waals surface area (Å²) in [5, 5.41) is 12.5. The van der Waals surface area contributed by atoms with Crippen LogP contribution in [0.1, 0.15) is 53.4 Å². The van der Waals surface area contributed by atoms with Crippen LogP contribution in [0, 0.1) is 0 Å². The van der Waals surface area contributed by atoms with Crippen molar-refractivity contribution in [1.29, 1.82) is 0 Å². The molecule has 0 unspecified atom stereocenters. The Hall–Kier alpha value is -0.910. The first-order chi connectivity index (χ1) is 8.43. The van der Waals surface area contributed by atoms with Crippen LogP contribution in [-0.4, -0.2) is 34.4 Å². The first-order valence-corrected chi connectivity index (χ1v) is 6.53. The second-order valence-electron chi connectivity index (χ2n) is 6.34. The molecule has 1 aliphatic carbocycles. The van der Waals surface area contributed by atoms with Crippen molar-refractivity contribution < 1.29 is 23.4 Å². The second-order valence-corrected chi connectivity index (χ2v) is 6.34. The molecule has 6 heteroatoms. The molecule has 1 amide bonds. The van der Waals surface area contributed by atoms with Crippen molar-refractivity contribution in [1.82, 2.24) is 5.32 Å². The van der Waals surface area contributed by atoms with Gasteiger partial charge in [-0.3, -0.25) is 0 Å². The molecule has 1 fully saturated rings. The smallest absolute Gasteiger partial charge is 0.407 e. The number of alkyl halides is 2. The molecule has 0 atom stereocenters. The highest BCUT2D eigenvalue weighted by molar-refractivity contribution is 5.68. The van der Waals surface area contributed by atoms with Gasteiger partial charge in [-0.05, 0) is 46.5 Å². The monoisotopic (exact) mass is 279 g/mol. The number of nitrogens with one attached hydrogen (secondary N) is 1. The molecular formula is C13H23F2NO3. The van der Waals surface area contributed by atoms with Crippen LogP contribution < -0.4 is 5.32 Å². The summed E-state index contributed by atoms with van der Waals surface area (Å²) in [5.74, 6) is -3.12. The molecule has 1 aliphatic rings. The van der Waals surface area contributed by atoms with Crippen LogP contribution in [0.15, 0.2) is 0 Å². The van der Waals surface area contributed by atoms with Gasteiger partial charge in [-0.25, -0.2) is 13.6 Å². The second kappa shape index (κ2) is 5.23.